The number of hydrogen-bond donors (Lipinski definition) is 2. The van der Waals surface area contributed by atoms with E-state index in [1.165, 1.54) is 6.20 Å². The first-order valence-corrected chi connectivity index (χ1v) is 4.85. The van der Waals surface area contributed by atoms with Gasteiger partial charge in [0.05, 0.1) is 17.3 Å². The molecule has 1 aromatic heterocycles. The molecular formula is C11H13N3O. The summed E-state index contributed by atoms with van der Waals surface area (Å²) in [5, 5.41) is 9.32. The number of allylic oxidation sites excluding steroid dienone is 2. The fourth-order valence-corrected chi connectivity index (χ4v) is 1.53. The zero-order chi connectivity index (χ0) is 10.7. The number of nitrogens with zero attached hydrogens (tertiary/aromatic N) is 1. The molecule has 4 nitrogen and oxygen atoms in total. The van der Waals surface area contributed by atoms with Gasteiger partial charge in [-0.3, -0.25) is 9.89 Å². The number of nitrogens with one attached hydrogen (secondary N) is 2. The SMILES string of the molecule is CC1(NC(=O)c2cn[nH]c2)C=CC=CC1. The lowest BCUT2D eigenvalue weighted by Gasteiger charge is -2.27. The minimum absolute atomic E-state index is 0.105. The van der Waals surface area contributed by atoms with Crippen LogP contribution in [-0.4, -0.2) is 21.6 Å². The highest BCUT2D eigenvalue weighted by atomic mass is 16.1. The quantitative estimate of drug-likeness (QED) is 0.763. The number of amides is 1. The van der Waals surface area contributed by atoms with E-state index < -0.39 is 0 Å². The fourth-order valence-electron chi connectivity index (χ4n) is 1.53. The number of hydrogen-bond acceptors (Lipinski definition) is 2. The Morgan fingerprint density at radius 2 is 2.47 bits per heavy atom. The standard InChI is InChI=1S/C11H13N3O/c1-11(5-3-2-4-6-11)14-10(15)9-7-12-13-8-9/h2-5,7-8H,6H2,1H3,(H,12,13)(H,14,15). The van der Waals surface area contributed by atoms with E-state index in [0.29, 0.717) is 5.56 Å². The van der Waals surface area contributed by atoms with E-state index in [-0.39, 0.29) is 11.4 Å². The topological polar surface area (TPSA) is 57.8 Å². The predicted molar refractivity (Wildman–Crippen MR) is 57.4 cm³/mol. The molecule has 0 saturated carbocycles. The summed E-state index contributed by atoms with van der Waals surface area (Å²) in [7, 11) is 0. The van der Waals surface area contributed by atoms with Crippen molar-refractivity contribution >= 4 is 5.91 Å². The van der Waals surface area contributed by atoms with Gasteiger partial charge < -0.3 is 5.32 Å². The Morgan fingerprint density at radius 1 is 1.60 bits per heavy atom. The second-order valence-electron chi connectivity index (χ2n) is 3.85. The van der Waals surface area contributed by atoms with Crippen LogP contribution in [0.3, 0.4) is 0 Å². The first-order valence-electron chi connectivity index (χ1n) is 4.85. The first-order chi connectivity index (χ1) is 7.20. The first kappa shape index (κ1) is 9.71. The highest BCUT2D eigenvalue weighted by Gasteiger charge is 2.23. The van der Waals surface area contributed by atoms with Gasteiger partial charge >= 0.3 is 0 Å². The predicted octanol–water partition coefficient (Wildman–Crippen LogP) is 1.41. The monoisotopic (exact) mass is 203 g/mol. The largest absolute Gasteiger partial charge is 0.343 e. The summed E-state index contributed by atoms with van der Waals surface area (Å²) in [6.45, 7) is 1.99. The molecule has 0 fully saturated rings. The van der Waals surface area contributed by atoms with E-state index in [0.717, 1.165) is 6.42 Å². The summed E-state index contributed by atoms with van der Waals surface area (Å²) in [6, 6.07) is 0. The van der Waals surface area contributed by atoms with Crippen molar-refractivity contribution in [2.24, 2.45) is 0 Å². The van der Waals surface area contributed by atoms with Crippen molar-refractivity contribution in [1.29, 1.82) is 0 Å². The van der Waals surface area contributed by atoms with Gasteiger partial charge in [-0.25, -0.2) is 0 Å². The molecule has 2 N–H and O–H groups in total. The lowest BCUT2D eigenvalue weighted by atomic mass is 9.93. The van der Waals surface area contributed by atoms with Crippen molar-refractivity contribution in [3.8, 4) is 0 Å². The van der Waals surface area contributed by atoms with Gasteiger partial charge in [-0.2, -0.15) is 5.10 Å². The van der Waals surface area contributed by atoms with Crippen LogP contribution in [0.4, 0.5) is 0 Å². The van der Waals surface area contributed by atoms with Crippen LogP contribution < -0.4 is 5.32 Å². The van der Waals surface area contributed by atoms with Gasteiger partial charge in [0.1, 0.15) is 0 Å². The second kappa shape index (κ2) is 3.73. The second-order valence-corrected chi connectivity index (χ2v) is 3.85. The number of H-pyrrole nitrogens is 1. The summed E-state index contributed by atoms with van der Waals surface area (Å²) in [5.41, 5.74) is 0.266. The van der Waals surface area contributed by atoms with Gasteiger partial charge in [0, 0.05) is 6.20 Å². The van der Waals surface area contributed by atoms with Crippen LogP contribution in [0, 0.1) is 0 Å². The van der Waals surface area contributed by atoms with Crippen molar-refractivity contribution in [2.75, 3.05) is 0 Å². The third-order valence-corrected chi connectivity index (χ3v) is 2.41. The van der Waals surface area contributed by atoms with Crippen molar-refractivity contribution in [3.05, 3.63) is 42.3 Å². The Labute approximate surface area is 88.1 Å². The average molecular weight is 203 g/mol. The molecule has 78 valence electrons. The molecule has 1 amide bonds. The number of aromatic amines is 1. The van der Waals surface area contributed by atoms with Crippen LogP contribution in [0.1, 0.15) is 23.7 Å². The molecule has 0 bridgehead atoms. The zero-order valence-electron chi connectivity index (χ0n) is 8.53. The normalized spacial score (nSPS) is 24.1. The molecule has 0 aliphatic heterocycles. The number of aromatic nitrogens is 2. The highest BCUT2D eigenvalue weighted by Crippen LogP contribution is 2.17. The van der Waals surface area contributed by atoms with E-state index >= 15 is 0 Å². The van der Waals surface area contributed by atoms with E-state index in [9.17, 15) is 4.79 Å². The van der Waals surface area contributed by atoms with Crippen LogP contribution in [0.15, 0.2) is 36.7 Å². The van der Waals surface area contributed by atoms with Gasteiger partial charge in [-0.15, -0.1) is 0 Å². The third kappa shape index (κ3) is 2.15. The van der Waals surface area contributed by atoms with E-state index in [2.05, 4.69) is 15.5 Å². The highest BCUT2D eigenvalue weighted by molar-refractivity contribution is 5.94. The minimum Gasteiger partial charge on any atom is -0.343 e. The van der Waals surface area contributed by atoms with Gasteiger partial charge in [0.15, 0.2) is 0 Å². The lowest BCUT2D eigenvalue weighted by Crippen LogP contribution is -2.44. The van der Waals surface area contributed by atoms with Crippen LogP contribution in [0.2, 0.25) is 0 Å². The van der Waals surface area contributed by atoms with E-state index in [1.54, 1.807) is 6.20 Å². The van der Waals surface area contributed by atoms with Gasteiger partial charge in [-0.05, 0) is 13.3 Å². The summed E-state index contributed by atoms with van der Waals surface area (Å²) in [4.78, 5) is 11.8. The van der Waals surface area contributed by atoms with Gasteiger partial charge in [-0.1, -0.05) is 24.3 Å². The van der Waals surface area contributed by atoms with Crippen molar-refractivity contribution in [2.45, 2.75) is 18.9 Å². The number of carbonyl (C=O) groups excluding carboxylic acids is 1. The molecule has 1 aliphatic rings. The molecule has 0 aromatic carbocycles. The van der Waals surface area contributed by atoms with Crippen LogP contribution in [0.25, 0.3) is 0 Å². The van der Waals surface area contributed by atoms with E-state index in [4.69, 9.17) is 0 Å². The van der Waals surface area contributed by atoms with Gasteiger partial charge in [0.2, 0.25) is 0 Å². The van der Waals surface area contributed by atoms with Crippen LogP contribution >= 0.6 is 0 Å². The molecular weight excluding hydrogens is 190 g/mol. The molecule has 15 heavy (non-hydrogen) atoms. The Bertz CT molecular complexity index is 405. The smallest absolute Gasteiger partial charge is 0.255 e. The van der Waals surface area contributed by atoms with Gasteiger partial charge in [0.25, 0.3) is 5.91 Å². The lowest BCUT2D eigenvalue weighted by molar-refractivity contribution is 0.0923. The summed E-state index contributed by atoms with van der Waals surface area (Å²) < 4.78 is 0. The summed E-state index contributed by atoms with van der Waals surface area (Å²) in [5.74, 6) is -0.105. The fraction of sp³-hybridized carbons (Fsp3) is 0.273. The maximum absolute atomic E-state index is 11.8. The molecule has 0 spiro atoms. The van der Waals surface area contributed by atoms with Crippen molar-refractivity contribution in [3.63, 3.8) is 0 Å². The number of carbonyl (C=O) groups is 1. The molecule has 1 heterocycles. The molecule has 1 aromatic rings. The Hall–Kier alpha value is -1.84. The molecule has 0 radical (unpaired) electrons. The Morgan fingerprint density at radius 3 is 3.07 bits per heavy atom. The summed E-state index contributed by atoms with van der Waals surface area (Å²) >= 11 is 0. The molecule has 1 aliphatic carbocycles. The van der Waals surface area contributed by atoms with Crippen LogP contribution in [-0.2, 0) is 0 Å². The molecule has 2 rings (SSSR count). The van der Waals surface area contributed by atoms with Crippen molar-refractivity contribution in [1.82, 2.24) is 15.5 Å². The van der Waals surface area contributed by atoms with Crippen LogP contribution in [0.5, 0.6) is 0 Å². The van der Waals surface area contributed by atoms with Crippen molar-refractivity contribution < 1.29 is 4.79 Å². The third-order valence-electron chi connectivity index (χ3n) is 2.41. The maximum atomic E-state index is 11.8. The molecule has 0 saturated heterocycles. The maximum Gasteiger partial charge on any atom is 0.255 e. The Balaban J connectivity index is 2.06. The summed E-state index contributed by atoms with van der Waals surface area (Å²) in [6.07, 6.45) is 11.9. The van der Waals surface area contributed by atoms with E-state index in [1.807, 2.05) is 31.2 Å². The average Bonchev–Trinajstić information content (AvgIpc) is 2.70. The molecule has 4 heteroatoms. The molecule has 1 atom stereocenters. The Kier molecular flexibility index (Phi) is 2.41. The number of rotatable bonds is 2. The zero-order valence-corrected chi connectivity index (χ0v) is 8.53. The minimum atomic E-state index is -0.289. The molecule has 1 unspecified atom stereocenters.